The number of rotatable bonds is 2. The van der Waals surface area contributed by atoms with Crippen LogP contribution in [0.15, 0.2) is 0 Å². The lowest BCUT2D eigenvalue weighted by molar-refractivity contribution is 0.172. The minimum absolute atomic E-state index is 0.597. The molecule has 0 aromatic heterocycles. The lowest BCUT2D eigenvalue weighted by atomic mass is 9.74. The Morgan fingerprint density at radius 3 is 2.23 bits per heavy atom. The molecule has 0 radical (unpaired) electrons. The quantitative estimate of drug-likeness (QED) is 0.690. The van der Waals surface area contributed by atoms with Gasteiger partial charge in [-0.15, -0.1) is 0 Å². The van der Waals surface area contributed by atoms with Crippen LogP contribution in [0.1, 0.15) is 58.8 Å². The molecule has 0 aromatic rings. The molecule has 0 saturated heterocycles. The van der Waals surface area contributed by atoms with Gasteiger partial charge in [0.15, 0.2) is 0 Å². The zero-order valence-electron chi connectivity index (χ0n) is 9.10. The Kier molecular flexibility index (Phi) is 2.64. The SMILES string of the molecule is CC1(C)CCCC(NC2CCC2)C1. The number of nitrogens with one attached hydrogen (secondary N) is 1. The third kappa shape index (κ3) is 2.46. The van der Waals surface area contributed by atoms with Crippen LogP contribution in [0.4, 0.5) is 0 Å². The van der Waals surface area contributed by atoms with E-state index in [1.165, 1.54) is 44.9 Å². The van der Waals surface area contributed by atoms with Gasteiger partial charge >= 0.3 is 0 Å². The molecule has 2 rings (SSSR count). The van der Waals surface area contributed by atoms with Crippen molar-refractivity contribution in [3.63, 3.8) is 0 Å². The second-order valence-electron chi connectivity index (χ2n) is 5.75. The Bertz CT molecular complexity index is 170. The third-order valence-corrected chi connectivity index (χ3v) is 3.78. The van der Waals surface area contributed by atoms with Crippen molar-refractivity contribution in [2.24, 2.45) is 5.41 Å². The highest BCUT2D eigenvalue weighted by Gasteiger charge is 2.30. The Balaban J connectivity index is 1.78. The van der Waals surface area contributed by atoms with Crippen LogP contribution >= 0.6 is 0 Å². The van der Waals surface area contributed by atoms with Gasteiger partial charge in [-0.1, -0.05) is 26.7 Å². The summed E-state index contributed by atoms with van der Waals surface area (Å²) in [6.45, 7) is 4.84. The average molecular weight is 181 g/mol. The normalized spacial score (nSPS) is 34.2. The summed E-state index contributed by atoms with van der Waals surface area (Å²) in [5.74, 6) is 0. The van der Waals surface area contributed by atoms with Crippen LogP contribution in [0.2, 0.25) is 0 Å². The van der Waals surface area contributed by atoms with Gasteiger partial charge in [0.1, 0.15) is 0 Å². The van der Waals surface area contributed by atoms with E-state index < -0.39 is 0 Å². The molecule has 2 aliphatic rings. The summed E-state index contributed by atoms with van der Waals surface area (Å²) in [6.07, 6.45) is 9.97. The highest BCUT2D eigenvalue weighted by atomic mass is 15.0. The van der Waals surface area contributed by atoms with Gasteiger partial charge in [-0.05, 0) is 37.5 Å². The zero-order chi connectivity index (χ0) is 9.31. The lowest BCUT2D eigenvalue weighted by Gasteiger charge is -2.39. The molecule has 1 heteroatoms. The molecule has 76 valence electrons. The van der Waals surface area contributed by atoms with E-state index in [-0.39, 0.29) is 0 Å². The van der Waals surface area contributed by atoms with Crippen molar-refractivity contribution >= 4 is 0 Å². The van der Waals surface area contributed by atoms with Crippen LogP contribution in [-0.2, 0) is 0 Å². The van der Waals surface area contributed by atoms with E-state index >= 15 is 0 Å². The van der Waals surface area contributed by atoms with Crippen LogP contribution in [0.3, 0.4) is 0 Å². The van der Waals surface area contributed by atoms with E-state index in [2.05, 4.69) is 19.2 Å². The van der Waals surface area contributed by atoms with Crippen LogP contribution in [0.5, 0.6) is 0 Å². The summed E-state index contributed by atoms with van der Waals surface area (Å²) < 4.78 is 0. The van der Waals surface area contributed by atoms with Gasteiger partial charge in [0, 0.05) is 12.1 Å². The maximum Gasteiger partial charge on any atom is 0.00747 e. The van der Waals surface area contributed by atoms with Gasteiger partial charge in [0.05, 0.1) is 0 Å². The molecule has 2 fully saturated rings. The predicted molar refractivity (Wildman–Crippen MR) is 56.8 cm³/mol. The largest absolute Gasteiger partial charge is 0.311 e. The Morgan fingerprint density at radius 1 is 1.00 bits per heavy atom. The molecule has 1 unspecified atom stereocenters. The van der Waals surface area contributed by atoms with E-state index in [1.807, 2.05) is 0 Å². The first-order valence-corrected chi connectivity index (χ1v) is 5.92. The minimum atomic E-state index is 0.597. The first kappa shape index (κ1) is 9.51. The van der Waals surface area contributed by atoms with Gasteiger partial charge < -0.3 is 5.32 Å². The van der Waals surface area contributed by atoms with Crippen LogP contribution in [-0.4, -0.2) is 12.1 Å². The smallest absolute Gasteiger partial charge is 0.00747 e. The maximum atomic E-state index is 3.81. The number of hydrogen-bond acceptors (Lipinski definition) is 1. The average Bonchev–Trinajstić information content (AvgIpc) is 1.95. The fourth-order valence-corrected chi connectivity index (χ4v) is 2.75. The van der Waals surface area contributed by atoms with Crippen LogP contribution in [0.25, 0.3) is 0 Å². The second-order valence-corrected chi connectivity index (χ2v) is 5.75. The van der Waals surface area contributed by atoms with Crippen LogP contribution in [0, 0.1) is 5.41 Å². The monoisotopic (exact) mass is 181 g/mol. The molecule has 0 bridgehead atoms. The summed E-state index contributed by atoms with van der Waals surface area (Å²) in [7, 11) is 0. The van der Waals surface area contributed by atoms with Gasteiger partial charge in [-0.2, -0.15) is 0 Å². The van der Waals surface area contributed by atoms with Crippen molar-refractivity contribution in [2.45, 2.75) is 70.9 Å². The van der Waals surface area contributed by atoms with Crippen molar-refractivity contribution in [1.29, 1.82) is 0 Å². The topological polar surface area (TPSA) is 12.0 Å². The van der Waals surface area contributed by atoms with Gasteiger partial charge in [0.25, 0.3) is 0 Å². The molecule has 2 aliphatic carbocycles. The molecular weight excluding hydrogens is 158 g/mol. The Morgan fingerprint density at radius 2 is 1.69 bits per heavy atom. The molecule has 0 aliphatic heterocycles. The molecule has 1 atom stereocenters. The van der Waals surface area contributed by atoms with Gasteiger partial charge in [0.2, 0.25) is 0 Å². The molecule has 1 nitrogen and oxygen atoms in total. The van der Waals surface area contributed by atoms with Crippen molar-refractivity contribution in [2.75, 3.05) is 0 Å². The van der Waals surface area contributed by atoms with E-state index in [0.717, 1.165) is 12.1 Å². The molecule has 0 spiro atoms. The van der Waals surface area contributed by atoms with Crippen molar-refractivity contribution < 1.29 is 0 Å². The second kappa shape index (κ2) is 3.61. The Labute approximate surface area is 82.3 Å². The van der Waals surface area contributed by atoms with Crippen molar-refractivity contribution in [1.82, 2.24) is 5.32 Å². The van der Waals surface area contributed by atoms with Gasteiger partial charge in [-0.25, -0.2) is 0 Å². The molecular formula is C12H23N. The molecule has 2 saturated carbocycles. The summed E-state index contributed by atoms with van der Waals surface area (Å²) >= 11 is 0. The fraction of sp³-hybridized carbons (Fsp3) is 1.00. The predicted octanol–water partition coefficient (Wildman–Crippen LogP) is 3.10. The molecule has 0 heterocycles. The van der Waals surface area contributed by atoms with Crippen LogP contribution < -0.4 is 5.32 Å². The van der Waals surface area contributed by atoms with Crippen molar-refractivity contribution in [3.8, 4) is 0 Å². The van der Waals surface area contributed by atoms with E-state index in [4.69, 9.17) is 0 Å². The first-order chi connectivity index (χ1) is 6.16. The highest BCUT2D eigenvalue weighted by molar-refractivity contribution is 4.87. The summed E-state index contributed by atoms with van der Waals surface area (Å²) in [6, 6.07) is 1.70. The summed E-state index contributed by atoms with van der Waals surface area (Å²) in [4.78, 5) is 0. The summed E-state index contributed by atoms with van der Waals surface area (Å²) in [5.41, 5.74) is 0.597. The fourth-order valence-electron chi connectivity index (χ4n) is 2.75. The first-order valence-electron chi connectivity index (χ1n) is 5.92. The number of hydrogen-bond donors (Lipinski definition) is 1. The minimum Gasteiger partial charge on any atom is -0.311 e. The van der Waals surface area contributed by atoms with E-state index in [1.54, 1.807) is 0 Å². The molecule has 13 heavy (non-hydrogen) atoms. The highest BCUT2D eigenvalue weighted by Crippen LogP contribution is 2.36. The van der Waals surface area contributed by atoms with Crippen molar-refractivity contribution in [3.05, 3.63) is 0 Å². The van der Waals surface area contributed by atoms with Gasteiger partial charge in [-0.3, -0.25) is 0 Å². The summed E-state index contributed by atoms with van der Waals surface area (Å²) in [5, 5.41) is 3.81. The zero-order valence-corrected chi connectivity index (χ0v) is 9.10. The standard InChI is InChI=1S/C12H23N/c1-12(2)8-4-7-11(9-12)13-10-5-3-6-10/h10-11,13H,3-9H2,1-2H3. The lowest BCUT2D eigenvalue weighted by Crippen LogP contribution is -2.45. The Hall–Kier alpha value is -0.0400. The van der Waals surface area contributed by atoms with E-state index in [9.17, 15) is 0 Å². The molecule has 0 aromatic carbocycles. The molecule has 0 amide bonds. The maximum absolute atomic E-state index is 3.81. The van der Waals surface area contributed by atoms with E-state index in [0.29, 0.717) is 5.41 Å². The third-order valence-electron chi connectivity index (χ3n) is 3.78. The molecule has 1 N–H and O–H groups in total.